The summed E-state index contributed by atoms with van der Waals surface area (Å²) in [5.41, 5.74) is 3.24. The molecule has 1 atom stereocenters. The Labute approximate surface area is 140 Å². The Morgan fingerprint density at radius 2 is 2.00 bits per heavy atom. The highest BCUT2D eigenvalue weighted by molar-refractivity contribution is 5.84. The van der Waals surface area contributed by atoms with E-state index in [0.29, 0.717) is 12.3 Å². The van der Waals surface area contributed by atoms with Crippen LogP contribution in [0.3, 0.4) is 0 Å². The molecular formula is C19H19NO4. The standard InChI is InChI=1S/C19H19NO4/c21-18(22)12-24-15-6-3-4-13(10-15)11-20-19(23)17-9-8-14-5-1-2-7-16(14)17/h1-7,10,17H,8-9,11-12H2,(H,20,23)(H,21,22). The fraction of sp³-hybridized carbons (Fsp3) is 0.263. The lowest BCUT2D eigenvalue weighted by Gasteiger charge is -2.13. The van der Waals surface area contributed by atoms with Crippen LogP contribution in [0.2, 0.25) is 0 Å². The number of ether oxygens (including phenoxy) is 1. The third-order valence-electron chi connectivity index (χ3n) is 4.18. The van der Waals surface area contributed by atoms with Gasteiger partial charge in [0.2, 0.25) is 5.91 Å². The zero-order chi connectivity index (χ0) is 16.9. The lowest BCUT2D eigenvalue weighted by molar-refractivity contribution is -0.139. The number of fused-ring (bicyclic) bond motifs is 1. The van der Waals surface area contributed by atoms with Gasteiger partial charge in [0.05, 0.1) is 5.92 Å². The Morgan fingerprint density at radius 3 is 2.83 bits per heavy atom. The highest BCUT2D eigenvalue weighted by Gasteiger charge is 2.27. The van der Waals surface area contributed by atoms with Crippen LogP contribution in [0.1, 0.15) is 29.0 Å². The highest BCUT2D eigenvalue weighted by atomic mass is 16.5. The molecule has 1 aliphatic rings. The molecule has 0 radical (unpaired) electrons. The zero-order valence-electron chi connectivity index (χ0n) is 13.2. The predicted molar refractivity (Wildman–Crippen MR) is 88.9 cm³/mol. The number of hydrogen-bond donors (Lipinski definition) is 2. The van der Waals surface area contributed by atoms with E-state index in [-0.39, 0.29) is 18.4 Å². The Balaban J connectivity index is 1.59. The van der Waals surface area contributed by atoms with E-state index in [4.69, 9.17) is 9.84 Å². The summed E-state index contributed by atoms with van der Waals surface area (Å²) in [6.07, 6.45) is 1.78. The van der Waals surface area contributed by atoms with Crippen LogP contribution in [0.15, 0.2) is 48.5 Å². The van der Waals surface area contributed by atoms with Crippen molar-refractivity contribution >= 4 is 11.9 Å². The number of rotatable bonds is 6. The van der Waals surface area contributed by atoms with Crippen molar-refractivity contribution in [2.24, 2.45) is 0 Å². The third kappa shape index (κ3) is 3.74. The van der Waals surface area contributed by atoms with Crippen LogP contribution in [-0.4, -0.2) is 23.6 Å². The number of carboxylic acid groups (broad SMARTS) is 1. The number of carboxylic acids is 1. The molecule has 2 aromatic carbocycles. The summed E-state index contributed by atoms with van der Waals surface area (Å²) >= 11 is 0. The van der Waals surface area contributed by atoms with Crippen molar-refractivity contribution in [3.63, 3.8) is 0 Å². The molecule has 0 heterocycles. The van der Waals surface area contributed by atoms with Crippen molar-refractivity contribution in [1.29, 1.82) is 0 Å². The van der Waals surface area contributed by atoms with Gasteiger partial charge in [-0.2, -0.15) is 0 Å². The minimum Gasteiger partial charge on any atom is -0.482 e. The number of benzene rings is 2. The number of aryl methyl sites for hydroxylation is 1. The Morgan fingerprint density at radius 1 is 1.17 bits per heavy atom. The molecule has 2 N–H and O–H groups in total. The van der Waals surface area contributed by atoms with Crippen LogP contribution in [0.25, 0.3) is 0 Å². The Hall–Kier alpha value is -2.82. The summed E-state index contributed by atoms with van der Waals surface area (Å²) in [5, 5.41) is 11.6. The Bertz CT molecular complexity index is 757. The molecule has 124 valence electrons. The normalized spacial score (nSPS) is 15.6. The number of carbonyl (C=O) groups is 2. The van der Waals surface area contributed by atoms with Crippen molar-refractivity contribution < 1.29 is 19.4 Å². The largest absolute Gasteiger partial charge is 0.482 e. The van der Waals surface area contributed by atoms with Crippen molar-refractivity contribution in [2.45, 2.75) is 25.3 Å². The zero-order valence-corrected chi connectivity index (χ0v) is 13.2. The van der Waals surface area contributed by atoms with Crippen molar-refractivity contribution in [3.8, 4) is 5.75 Å². The van der Waals surface area contributed by atoms with Gasteiger partial charge in [-0.1, -0.05) is 36.4 Å². The van der Waals surface area contributed by atoms with E-state index in [9.17, 15) is 9.59 Å². The molecule has 0 spiro atoms. The average Bonchev–Trinajstić information content (AvgIpc) is 3.02. The fourth-order valence-electron chi connectivity index (χ4n) is 3.03. The molecular weight excluding hydrogens is 306 g/mol. The van der Waals surface area contributed by atoms with Crippen LogP contribution in [0.4, 0.5) is 0 Å². The molecule has 1 aliphatic carbocycles. The van der Waals surface area contributed by atoms with Gasteiger partial charge in [0.15, 0.2) is 6.61 Å². The molecule has 0 saturated carbocycles. The first-order valence-electron chi connectivity index (χ1n) is 7.92. The molecule has 1 unspecified atom stereocenters. The first-order chi connectivity index (χ1) is 11.6. The average molecular weight is 325 g/mol. The monoisotopic (exact) mass is 325 g/mol. The maximum absolute atomic E-state index is 12.5. The molecule has 0 bridgehead atoms. The number of carbonyl (C=O) groups excluding carboxylic acids is 1. The first-order valence-corrected chi connectivity index (χ1v) is 7.92. The van der Waals surface area contributed by atoms with E-state index in [0.717, 1.165) is 24.0 Å². The summed E-state index contributed by atoms with van der Waals surface area (Å²) in [6, 6.07) is 15.2. The van der Waals surface area contributed by atoms with Crippen molar-refractivity contribution in [1.82, 2.24) is 5.32 Å². The van der Waals surface area contributed by atoms with E-state index >= 15 is 0 Å². The van der Waals surface area contributed by atoms with E-state index in [1.165, 1.54) is 5.56 Å². The second-order valence-corrected chi connectivity index (χ2v) is 5.84. The molecule has 0 fully saturated rings. The predicted octanol–water partition coefficient (Wildman–Crippen LogP) is 2.50. The molecule has 0 aliphatic heterocycles. The van der Waals surface area contributed by atoms with Crippen LogP contribution in [0, 0.1) is 0 Å². The second kappa shape index (κ2) is 7.17. The molecule has 24 heavy (non-hydrogen) atoms. The van der Waals surface area contributed by atoms with Gasteiger partial charge in [0.25, 0.3) is 0 Å². The maximum Gasteiger partial charge on any atom is 0.341 e. The van der Waals surface area contributed by atoms with E-state index in [2.05, 4.69) is 11.4 Å². The minimum absolute atomic E-state index is 0.0248. The Kier molecular flexibility index (Phi) is 4.79. The van der Waals surface area contributed by atoms with Crippen LogP contribution >= 0.6 is 0 Å². The minimum atomic E-state index is -1.02. The fourth-order valence-corrected chi connectivity index (χ4v) is 3.03. The topological polar surface area (TPSA) is 75.6 Å². The van der Waals surface area contributed by atoms with E-state index in [1.807, 2.05) is 24.3 Å². The van der Waals surface area contributed by atoms with Gasteiger partial charge in [-0.05, 0) is 41.7 Å². The molecule has 5 nitrogen and oxygen atoms in total. The van der Waals surface area contributed by atoms with Gasteiger partial charge in [0, 0.05) is 6.54 Å². The van der Waals surface area contributed by atoms with Crippen LogP contribution in [-0.2, 0) is 22.6 Å². The SMILES string of the molecule is O=C(O)COc1cccc(CNC(=O)C2CCc3ccccc32)c1. The lowest BCUT2D eigenvalue weighted by atomic mass is 10.0. The van der Waals surface area contributed by atoms with E-state index < -0.39 is 5.97 Å². The van der Waals surface area contributed by atoms with Gasteiger partial charge in [0.1, 0.15) is 5.75 Å². The van der Waals surface area contributed by atoms with Crippen molar-refractivity contribution in [2.75, 3.05) is 6.61 Å². The molecule has 1 amide bonds. The van der Waals surface area contributed by atoms with Crippen LogP contribution < -0.4 is 10.1 Å². The quantitative estimate of drug-likeness (QED) is 0.855. The van der Waals surface area contributed by atoms with Gasteiger partial charge in [-0.25, -0.2) is 4.79 Å². The smallest absolute Gasteiger partial charge is 0.341 e. The third-order valence-corrected chi connectivity index (χ3v) is 4.18. The summed E-state index contributed by atoms with van der Waals surface area (Å²) in [4.78, 5) is 23.0. The highest BCUT2D eigenvalue weighted by Crippen LogP contribution is 2.32. The first kappa shape index (κ1) is 16.1. The molecule has 0 aromatic heterocycles. The molecule has 0 saturated heterocycles. The maximum atomic E-state index is 12.5. The van der Waals surface area contributed by atoms with Crippen molar-refractivity contribution in [3.05, 3.63) is 65.2 Å². The molecule has 2 aromatic rings. The molecule has 5 heteroatoms. The number of aliphatic carboxylic acids is 1. The number of amides is 1. The van der Waals surface area contributed by atoms with Gasteiger partial charge >= 0.3 is 5.97 Å². The van der Waals surface area contributed by atoms with Gasteiger partial charge in [-0.15, -0.1) is 0 Å². The summed E-state index contributed by atoms with van der Waals surface area (Å²) < 4.78 is 5.15. The summed E-state index contributed by atoms with van der Waals surface area (Å²) in [6.45, 7) is 0.0104. The lowest BCUT2D eigenvalue weighted by Crippen LogP contribution is -2.27. The molecule has 3 rings (SSSR count). The van der Waals surface area contributed by atoms with Gasteiger partial charge < -0.3 is 15.2 Å². The van der Waals surface area contributed by atoms with Gasteiger partial charge in [-0.3, -0.25) is 4.79 Å². The summed E-state index contributed by atoms with van der Waals surface area (Å²) in [5.74, 6) is -0.603. The number of nitrogens with one attached hydrogen (secondary N) is 1. The van der Waals surface area contributed by atoms with Crippen LogP contribution in [0.5, 0.6) is 5.75 Å². The van der Waals surface area contributed by atoms with E-state index in [1.54, 1.807) is 18.2 Å². The second-order valence-electron chi connectivity index (χ2n) is 5.84. The number of hydrogen-bond acceptors (Lipinski definition) is 3. The summed E-state index contributed by atoms with van der Waals surface area (Å²) in [7, 11) is 0.